The molecule has 0 N–H and O–H groups in total. The number of hydrogen-bond donors (Lipinski definition) is 0. The molecule has 1 aliphatic rings. The van der Waals surface area contributed by atoms with Gasteiger partial charge in [-0.3, -0.25) is 9.69 Å². The van der Waals surface area contributed by atoms with Crippen molar-refractivity contribution in [1.29, 1.82) is 0 Å². The van der Waals surface area contributed by atoms with E-state index < -0.39 is 0 Å². The van der Waals surface area contributed by atoms with Gasteiger partial charge in [0.2, 0.25) is 0 Å². The Morgan fingerprint density at radius 1 is 1.12 bits per heavy atom. The van der Waals surface area contributed by atoms with Gasteiger partial charge >= 0.3 is 0 Å². The third-order valence-electron chi connectivity index (χ3n) is 4.94. The highest BCUT2D eigenvalue weighted by Gasteiger charge is 2.32. The van der Waals surface area contributed by atoms with Crippen LogP contribution in [-0.4, -0.2) is 22.2 Å². The van der Waals surface area contributed by atoms with E-state index in [1.165, 1.54) is 17.8 Å². The minimum Gasteiger partial charge on any atom is -0.493 e. The van der Waals surface area contributed by atoms with E-state index in [1.807, 2.05) is 36.4 Å². The lowest BCUT2D eigenvalue weighted by atomic mass is 10.1. The summed E-state index contributed by atoms with van der Waals surface area (Å²) in [5.74, 6) is 0.586. The first-order valence-corrected chi connectivity index (χ1v) is 12.3. The van der Waals surface area contributed by atoms with Crippen molar-refractivity contribution in [3.63, 3.8) is 0 Å². The minimum atomic E-state index is -0.319. The summed E-state index contributed by atoms with van der Waals surface area (Å²) in [6, 6.07) is 19.9. The van der Waals surface area contributed by atoms with Crippen LogP contribution in [0.3, 0.4) is 0 Å². The Morgan fingerprint density at radius 3 is 2.58 bits per heavy atom. The van der Waals surface area contributed by atoms with Gasteiger partial charge in [0.15, 0.2) is 11.5 Å². The maximum atomic E-state index is 13.9. The molecule has 1 aliphatic heterocycles. The molecule has 33 heavy (non-hydrogen) atoms. The standard InChI is InChI=1S/C25H19FINO3S2/c1-30-21-12-17(11-20(27)23(21)31-15-18-9-5-6-10-19(18)26)13-22-24(29)28(25(32)33-22)14-16-7-3-2-4-8-16/h2-13H,14-15H2,1H3/b22-13-. The number of amides is 1. The zero-order valence-electron chi connectivity index (χ0n) is 17.6. The molecule has 3 aromatic rings. The average Bonchev–Trinajstić information content (AvgIpc) is 3.07. The Labute approximate surface area is 214 Å². The molecule has 1 amide bonds. The molecule has 3 aromatic carbocycles. The topological polar surface area (TPSA) is 38.8 Å². The predicted octanol–water partition coefficient (Wildman–Crippen LogP) is 6.42. The summed E-state index contributed by atoms with van der Waals surface area (Å²) in [6.45, 7) is 0.517. The van der Waals surface area contributed by atoms with Crippen LogP contribution in [0.4, 0.5) is 4.39 Å². The van der Waals surface area contributed by atoms with Gasteiger partial charge in [-0.2, -0.15) is 0 Å². The van der Waals surface area contributed by atoms with Crippen molar-refractivity contribution < 1.29 is 18.7 Å². The molecule has 168 valence electrons. The van der Waals surface area contributed by atoms with E-state index in [1.54, 1.807) is 42.4 Å². The van der Waals surface area contributed by atoms with Crippen LogP contribution in [0.5, 0.6) is 11.5 Å². The van der Waals surface area contributed by atoms with Crippen LogP contribution >= 0.6 is 46.6 Å². The van der Waals surface area contributed by atoms with Crippen LogP contribution in [0.2, 0.25) is 0 Å². The van der Waals surface area contributed by atoms with Crippen LogP contribution in [0.25, 0.3) is 6.08 Å². The number of hydrogen-bond acceptors (Lipinski definition) is 5. The van der Waals surface area contributed by atoms with Crippen LogP contribution < -0.4 is 9.47 Å². The molecule has 0 aromatic heterocycles. The average molecular weight is 591 g/mol. The smallest absolute Gasteiger partial charge is 0.266 e. The van der Waals surface area contributed by atoms with Gasteiger partial charge in [0.25, 0.3) is 5.91 Å². The predicted molar refractivity (Wildman–Crippen MR) is 142 cm³/mol. The number of carbonyl (C=O) groups is 1. The number of thioether (sulfide) groups is 1. The fourth-order valence-corrected chi connectivity index (χ4v) is 5.32. The van der Waals surface area contributed by atoms with E-state index in [0.717, 1.165) is 14.7 Å². The molecule has 1 saturated heterocycles. The molecule has 4 nitrogen and oxygen atoms in total. The number of carbonyl (C=O) groups excluding carboxylic acids is 1. The molecular formula is C25H19FINO3S2. The zero-order valence-corrected chi connectivity index (χ0v) is 21.4. The van der Waals surface area contributed by atoms with Gasteiger partial charge in [-0.05, 0) is 58.0 Å². The fraction of sp³-hybridized carbons (Fsp3) is 0.120. The second kappa shape index (κ2) is 10.7. The van der Waals surface area contributed by atoms with Crippen LogP contribution in [0, 0.1) is 9.39 Å². The summed E-state index contributed by atoms with van der Waals surface area (Å²) in [4.78, 5) is 15.1. The van der Waals surface area contributed by atoms with Gasteiger partial charge in [0.05, 0.1) is 22.1 Å². The Bertz CT molecular complexity index is 1230. The van der Waals surface area contributed by atoms with Crippen molar-refractivity contribution >= 4 is 62.9 Å². The largest absolute Gasteiger partial charge is 0.493 e. The molecular weight excluding hydrogens is 572 g/mol. The number of thiocarbonyl (C=S) groups is 1. The van der Waals surface area contributed by atoms with E-state index in [0.29, 0.717) is 32.8 Å². The van der Waals surface area contributed by atoms with Crippen molar-refractivity contribution in [1.82, 2.24) is 4.90 Å². The normalized spacial score (nSPS) is 14.8. The molecule has 4 rings (SSSR count). The SMILES string of the molecule is COc1cc(/C=C2\SC(=S)N(Cc3ccccc3)C2=O)cc(I)c1OCc1ccccc1F. The van der Waals surface area contributed by atoms with E-state index >= 15 is 0 Å². The molecule has 0 bridgehead atoms. The summed E-state index contributed by atoms with van der Waals surface area (Å²) >= 11 is 8.87. The van der Waals surface area contributed by atoms with Crippen molar-refractivity contribution in [2.45, 2.75) is 13.2 Å². The molecule has 1 heterocycles. The fourth-order valence-electron chi connectivity index (χ4n) is 3.28. The van der Waals surface area contributed by atoms with Crippen molar-refractivity contribution in [3.05, 3.63) is 97.7 Å². The summed E-state index contributed by atoms with van der Waals surface area (Å²) in [5, 5.41) is 0. The Hall–Kier alpha value is -2.43. The quantitative estimate of drug-likeness (QED) is 0.180. The molecule has 8 heteroatoms. The first kappa shape index (κ1) is 23.7. The maximum Gasteiger partial charge on any atom is 0.266 e. The van der Waals surface area contributed by atoms with Crippen LogP contribution in [0.15, 0.2) is 71.6 Å². The highest BCUT2D eigenvalue weighted by molar-refractivity contribution is 14.1. The second-order valence-electron chi connectivity index (χ2n) is 7.17. The van der Waals surface area contributed by atoms with Crippen molar-refractivity contribution in [3.8, 4) is 11.5 Å². The number of nitrogens with zero attached hydrogens (tertiary/aromatic N) is 1. The van der Waals surface area contributed by atoms with E-state index in [4.69, 9.17) is 21.7 Å². The molecule has 0 unspecified atom stereocenters. The number of methoxy groups -OCH3 is 1. The Morgan fingerprint density at radius 2 is 1.85 bits per heavy atom. The monoisotopic (exact) mass is 591 g/mol. The van der Waals surface area contributed by atoms with Crippen LogP contribution in [0.1, 0.15) is 16.7 Å². The molecule has 0 spiro atoms. The maximum absolute atomic E-state index is 13.9. The summed E-state index contributed by atoms with van der Waals surface area (Å²) in [7, 11) is 1.55. The van der Waals surface area contributed by atoms with E-state index in [9.17, 15) is 9.18 Å². The van der Waals surface area contributed by atoms with Gasteiger partial charge in [-0.1, -0.05) is 72.5 Å². The van der Waals surface area contributed by atoms with Crippen LogP contribution in [-0.2, 0) is 17.9 Å². The number of halogens is 2. The van der Waals surface area contributed by atoms with Gasteiger partial charge in [-0.25, -0.2) is 4.39 Å². The molecule has 0 atom stereocenters. The summed E-state index contributed by atoms with van der Waals surface area (Å²) in [6.07, 6.45) is 1.80. The molecule has 0 radical (unpaired) electrons. The van der Waals surface area contributed by atoms with Gasteiger partial charge in [0.1, 0.15) is 16.7 Å². The highest BCUT2D eigenvalue weighted by Crippen LogP contribution is 2.38. The molecule has 0 saturated carbocycles. The van der Waals surface area contributed by atoms with Crippen molar-refractivity contribution in [2.24, 2.45) is 0 Å². The molecule has 1 fully saturated rings. The van der Waals surface area contributed by atoms with E-state index in [-0.39, 0.29) is 18.3 Å². The third-order valence-corrected chi connectivity index (χ3v) is 7.12. The first-order chi connectivity index (χ1) is 16.0. The lowest BCUT2D eigenvalue weighted by Crippen LogP contribution is -2.27. The van der Waals surface area contributed by atoms with Gasteiger partial charge in [0, 0.05) is 5.56 Å². The van der Waals surface area contributed by atoms with Gasteiger partial charge in [-0.15, -0.1) is 0 Å². The lowest BCUT2D eigenvalue weighted by Gasteiger charge is -2.15. The van der Waals surface area contributed by atoms with Gasteiger partial charge < -0.3 is 9.47 Å². The number of rotatable bonds is 7. The highest BCUT2D eigenvalue weighted by atomic mass is 127. The Balaban J connectivity index is 1.54. The second-order valence-corrected chi connectivity index (χ2v) is 10.0. The number of benzene rings is 3. The Kier molecular flexibility index (Phi) is 7.67. The lowest BCUT2D eigenvalue weighted by molar-refractivity contribution is -0.122. The zero-order chi connectivity index (χ0) is 23.4. The first-order valence-electron chi connectivity index (χ1n) is 9.99. The van der Waals surface area contributed by atoms with Crippen molar-refractivity contribution in [2.75, 3.05) is 7.11 Å². The molecule has 0 aliphatic carbocycles. The number of ether oxygens (including phenoxy) is 2. The third kappa shape index (κ3) is 5.56. The van der Waals surface area contributed by atoms with E-state index in [2.05, 4.69) is 22.6 Å². The summed E-state index contributed by atoms with van der Waals surface area (Å²) < 4.78 is 26.6. The summed E-state index contributed by atoms with van der Waals surface area (Å²) in [5.41, 5.74) is 2.26. The minimum absolute atomic E-state index is 0.0799.